The smallest absolute Gasteiger partial charge is 0.362 e. The largest absolute Gasteiger partial charge is 0.477 e. The van der Waals surface area contributed by atoms with Gasteiger partial charge in [-0.25, -0.2) is 4.79 Å². The molecule has 0 fully saturated rings. The minimum absolute atomic E-state index is 0.0321. The van der Waals surface area contributed by atoms with Crippen LogP contribution in [0.25, 0.3) is 0 Å². The molecule has 0 aromatic carbocycles. The first kappa shape index (κ1) is 61.0. The summed E-state index contributed by atoms with van der Waals surface area (Å²) in [5.74, 6) is -1.55. The van der Waals surface area contributed by atoms with Crippen molar-refractivity contribution >= 4 is 17.9 Å². The minimum atomic E-state index is -0.889. The van der Waals surface area contributed by atoms with Crippen molar-refractivity contribution in [2.24, 2.45) is 0 Å². The number of ether oxygens (including phenoxy) is 3. The van der Waals surface area contributed by atoms with Crippen molar-refractivity contribution in [1.29, 1.82) is 0 Å². The van der Waals surface area contributed by atoms with Gasteiger partial charge in [-0.3, -0.25) is 9.59 Å². The van der Waals surface area contributed by atoms with E-state index >= 15 is 0 Å². The quantitative estimate of drug-likeness (QED) is 0.0214. The van der Waals surface area contributed by atoms with Crippen LogP contribution in [0.1, 0.15) is 181 Å². The van der Waals surface area contributed by atoms with Crippen molar-refractivity contribution in [3.8, 4) is 0 Å². The van der Waals surface area contributed by atoms with Gasteiger partial charge in [-0.2, -0.15) is 0 Å². The molecule has 0 radical (unpaired) electrons. The summed E-state index contributed by atoms with van der Waals surface area (Å²) in [6.07, 6.45) is 64.2. The molecule has 65 heavy (non-hydrogen) atoms. The number of quaternary nitrogens is 1. The van der Waals surface area contributed by atoms with Crippen molar-refractivity contribution in [2.45, 2.75) is 193 Å². The zero-order valence-corrected chi connectivity index (χ0v) is 41.9. The van der Waals surface area contributed by atoms with E-state index in [2.05, 4.69) is 50.3 Å². The fraction of sp³-hybridized carbons (Fsp3) is 0.632. The van der Waals surface area contributed by atoms with Gasteiger partial charge in [0.25, 0.3) is 0 Å². The van der Waals surface area contributed by atoms with Crippen molar-refractivity contribution in [1.82, 2.24) is 0 Å². The highest BCUT2D eigenvalue weighted by atomic mass is 16.6. The summed E-state index contributed by atoms with van der Waals surface area (Å²) in [7, 11) is 5.50. The third-order valence-corrected chi connectivity index (χ3v) is 10.9. The van der Waals surface area contributed by atoms with Crippen LogP contribution in [-0.2, 0) is 28.6 Å². The highest BCUT2D eigenvalue weighted by Gasteiger charge is 2.31. The summed E-state index contributed by atoms with van der Waals surface area (Å²) in [5, 5.41) is 9.65. The maximum Gasteiger partial charge on any atom is 0.362 e. The second-order valence-electron chi connectivity index (χ2n) is 17.9. The van der Waals surface area contributed by atoms with E-state index in [1.165, 1.54) is 83.5 Å². The van der Waals surface area contributed by atoms with Crippen LogP contribution in [0, 0.1) is 0 Å². The van der Waals surface area contributed by atoms with Crippen LogP contribution >= 0.6 is 0 Å². The summed E-state index contributed by atoms with van der Waals surface area (Å²) < 4.78 is 17.3. The first-order valence-corrected chi connectivity index (χ1v) is 25.5. The number of carboxylic acid groups (broad SMARTS) is 1. The Labute approximate surface area is 398 Å². The van der Waals surface area contributed by atoms with Gasteiger partial charge in [-0.15, -0.1) is 0 Å². The maximum absolute atomic E-state index is 12.8. The molecule has 0 aliphatic rings. The lowest BCUT2D eigenvalue weighted by atomic mass is 10.1. The van der Waals surface area contributed by atoms with Gasteiger partial charge in [-0.1, -0.05) is 207 Å². The molecule has 1 N–H and O–H groups in total. The summed E-state index contributed by atoms with van der Waals surface area (Å²) in [6.45, 7) is 4.52. The molecule has 0 bridgehead atoms. The number of aliphatic carboxylic acids is 1. The highest BCUT2D eigenvalue weighted by Crippen LogP contribution is 2.14. The topological polar surface area (TPSA) is 99.1 Å². The van der Waals surface area contributed by atoms with E-state index in [1.54, 1.807) is 0 Å². The van der Waals surface area contributed by atoms with E-state index < -0.39 is 18.1 Å². The number of carbonyl (C=O) groups excluding carboxylic acids is 2. The van der Waals surface area contributed by atoms with Gasteiger partial charge in [0.1, 0.15) is 6.61 Å². The minimum Gasteiger partial charge on any atom is -0.477 e. The summed E-state index contributed by atoms with van der Waals surface area (Å²) in [4.78, 5) is 37.2. The van der Waals surface area contributed by atoms with Gasteiger partial charge in [0.15, 0.2) is 12.1 Å². The zero-order chi connectivity index (χ0) is 47.7. The van der Waals surface area contributed by atoms with Crippen molar-refractivity contribution < 1.29 is 38.2 Å². The molecule has 0 saturated heterocycles. The van der Waals surface area contributed by atoms with E-state index in [4.69, 9.17) is 14.2 Å². The molecule has 0 heterocycles. The molecule has 368 valence electrons. The number of unbranched alkanes of at least 4 members (excludes halogenated alkanes) is 18. The molecule has 2 atom stereocenters. The van der Waals surface area contributed by atoms with Gasteiger partial charge in [-0.05, 0) is 64.2 Å². The lowest BCUT2D eigenvalue weighted by Gasteiger charge is -2.31. The second kappa shape index (κ2) is 46.5. The lowest BCUT2D eigenvalue weighted by Crippen LogP contribution is -2.50. The van der Waals surface area contributed by atoms with E-state index in [-0.39, 0.29) is 42.7 Å². The first-order chi connectivity index (χ1) is 31.6. The van der Waals surface area contributed by atoms with Crippen molar-refractivity contribution in [2.75, 3.05) is 41.0 Å². The number of hydrogen-bond donors (Lipinski definition) is 1. The average Bonchev–Trinajstić information content (AvgIpc) is 3.27. The predicted molar refractivity (Wildman–Crippen MR) is 275 cm³/mol. The standard InChI is InChI=1S/C57H93NO7/c1-6-8-10-12-14-16-18-20-22-24-26-27-28-30-31-33-35-37-39-41-43-45-47-55(59)64-52-53(51-63-50-49-54(57(61)62)58(3,4)5)65-56(60)48-46-44-42-40-38-36-34-32-29-25-23-21-19-17-15-13-11-9-7-2/h9,11,13,15,17,19,21,23-26,28-30,32,34,36,38,53-54H,6-8,10,12,14,16,18,20,22,27,31,33,35,37,39-52H2,1-5H3/p+1/b11-9+,15-13+,19-17+,23-21+,26-24+,29-25+,30-28+,34-32+,38-36+. The number of esters is 2. The third-order valence-electron chi connectivity index (χ3n) is 10.9. The first-order valence-electron chi connectivity index (χ1n) is 25.5. The molecule has 0 aromatic rings. The molecular formula is C57H94NO7+. The number of rotatable bonds is 44. The Bertz CT molecular complexity index is 1420. The maximum atomic E-state index is 12.8. The van der Waals surface area contributed by atoms with Crippen LogP contribution in [0.3, 0.4) is 0 Å². The number of hydrogen-bond acceptors (Lipinski definition) is 6. The number of allylic oxidation sites excluding steroid dienone is 18. The molecule has 0 aromatic heterocycles. The Morgan fingerprint density at radius 2 is 0.923 bits per heavy atom. The normalized spacial score (nSPS) is 13.8. The number of carbonyl (C=O) groups is 3. The monoisotopic (exact) mass is 905 g/mol. The molecule has 2 unspecified atom stereocenters. The van der Waals surface area contributed by atoms with Gasteiger partial charge < -0.3 is 23.8 Å². The predicted octanol–water partition coefficient (Wildman–Crippen LogP) is 14.8. The van der Waals surface area contributed by atoms with E-state index in [0.717, 1.165) is 57.8 Å². The second-order valence-corrected chi connectivity index (χ2v) is 17.9. The zero-order valence-electron chi connectivity index (χ0n) is 41.9. The van der Waals surface area contributed by atoms with Crippen molar-refractivity contribution in [3.63, 3.8) is 0 Å². The molecule has 0 saturated carbocycles. The average molecular weight is 905 g/mol. The van der Waals surface area contributed by atoms with Gasteiger partial charge in [0, 0.05) is 19.3 Å². The van der Waals surface area contributed by atoms with Gasteiger partial charge in [0.05, 0.1) is 34.4 Å². The summed E-state index contributed by atoms with van der Waals surface area (Å²) >= 11 is 0. The van der Waals surface area contributed by atoms with Crippen LogP contribution < -0.4 is 0 Å². The molecule has 8 nitrogen and oxygen atoms in total. The third kappa shape index (κ3) is 45.0. The fourth-order valence-electron chi connectivity index (χ4n) is 6.93. The lowest BCUT2D eigenvalue weighted by molar-refractivity contribution is -0.887. The highest BCUT2D eigenvalue weighted by molar-refractivity contribution is 5.72. The van der Waals surface area contributed by atoms with Crippen molar-refractivity contribution in [3.05, 3.63) is 109 Å². The van der Waals surface area contributed by atoms with Gasteiger partial charge >= 0.3 is 17.9 Å². The Morgan fingerprint density at radius 1 is 0.492 bits per heavy atom. The Hall–Kier alpha value is -4.01. The Morgan fingerprint density at radius 3 is 1.42 bits per heavy atom. The summed E-state index contributed by atoms with van der Waals surface area (Å²) in [5.41, 5.74) is 0. The molecular weight excluding hydrogens is 811 g/mol. The molecule has 0 rings (SSSR count). The SMILES string of the molecule is CC/C=C/C=C/C=C/C=C/C=C/C=C/C=C/CCCCCC(=O)OC(COCCC(C(=O)O)[N+](C)(C)C)COC(=O)CCCCCCCCC/C=C/C/C=C/CCCCCCCCCC. The fourth-order valence-corrected chi connectivity index (χ4v) is 6.93. The van der Waals surface area contributed by atoms with Crippen LogP contribution in [0.15, 0.2) is 109 Å². The number of carboxylic acids is 1. The van der Waals surface area contributed by atoms with E-state index in [9.17, 15) is 19.5 Å². The number of likely N-dealkylation sites (N-methyl/N-ethyl adjacent to an activating group) is 1. The Balaban J connectivity index is 4.38. The van der Waals surface area contributed by atoms with Gasteiger partial charge in [0.2, 0.25) is 0 Å². The van der Waals surface area contributed by atoms with E-state index in [1.807, 2.05) is 94.1 Å². The molecule has 0 amide bonds. The van der Waals surface area contributed by atoms with Crippen LogP contribution in [0.5, 0.6) is 0 Å². The molecule has 0 aliphatic carbocycles. The van der Waals surface area contributed by atoms with Crippen LogP contribution in [0.4, 0.5) is 0 Å². The molecule has 0 spiro atoms. The number of nitrogens with zero attached hydrogens (tertiary/aromatic N) is 1. The molecule has 8 heteroatoms. The summed E-state index contributed by atoms with van der Waals surface area (Å²) in [6, 6.07) is -0.633. The van der Waals surface area contributed by atoms with E-state index in [0.29, 0.717) is 19.3 Å². The molecule has 0 aliphatic heterocycles. The van der Waals surface area contributed by atoms with Crippen LogP contribution in [-0.4, -0.2) is 80.6 Å². The Kier molecular flexibility index (Phi) is 43.6. The van der Waals surface area contributed by atoms with Crippen LogP contribution in [0.2, 0.25) is 0 Å².